The van der Waals surface area contributed by atoms with E-state index >= 15 is 0 Å². The highest BCUT2D eigenvalue weighted by molar-refractivity contribution is 4.82. The van der Waals surface area contributed by atoms with Crippen molar-refractivity contribution in [3.63, 3.8) is 0 Å². The van der Waals surface area contributed by atoms with Crippen LogP contribution in [-0.4, -0.2) is 37.1 Å². The summed E-state index contributed by atoms with van der Waals surface area (Å²) in [5.74, 6) is 1.02. The molecule has 76 valence electrons. The Hall–Kier alpha value is -0.0800. The summed E-state index contributed by atoms with van der Waals surface area (Å²) < 4.78 is 0. The van der Waals surface area contributed by atoms with E-state index in [2.05, 4.69) is 17.1 Å². The average Bonchev–Trinajstić information content (AvgIpc) is 2.84. The van der Waals surface area contributed by atoms with Crippen molar-refractivity contribution in [1.82, 2.24) is 10.2 Å². The van der Waals surface area contributed by atoms with Gasteiger partial charge in [0.2, 0.25) is 0 Å². The van der Waals surface area contributed by atoms with Gasteiger partial charge in [0.05, 0.1) is 0 Å². The molecule has 13 heavy (non-hydrogen) atoms. The van der Waals surface area contributed by atoms with Crippen LogP contribution >= 0.6 is 0 Å². The number of nitrogens with one attached hydrogen (secondary N) is 1. The first-order valence-corrected chi connectivity index (χ1v) is 5.85. The lowest BCUT2D eigenvalue weighted by Crippen LogP contribution is -2.38. The molecule has 2 aliphatic rings. The molecule has 2 heteroatoms. The number of rotatable bonds is 5. The van der Waals surface area contributed by atoms with Gasteiger partial charge in [-0.05, 0) is 51.2 Å². The van der Waals surface area contributed by atoms with Gasteiger partial charge in [-0.3, -0.25) is 4.90 Å². The normalized spacial score (nSPS) is 29.8. The first-order chi connectivity index (χ1) is 6.40. The molecule has 2 fully saturated rings. The lowest BCUT2D eigenvalue weighted by Gasteiger charge is -2.22. The van der Waals surface area contributed by atoms with Gasteiger partial charge in [-0.1, -0.05) is 6.92 Å². The first kappa shape index (κ1) is 9.47. The third-order valence-electron chi connectivity index (χ3n) is 3.42. The Bertz CT molecular complexity index is 154. The van der Waals surface area contributed by atoms with Crippen LogP contribution in [0.25, 0.3) is 0 Å². The summed E-state index contributed by atoms with van der Waals surface area (Å²) in [5.41, 5.74) is 0. The van der Waals surface area contributed by atoms with E-state index in [9.17, 15) is 0 Å². The molecule has 0 aromatic rings. The topological polar surface area (TPSA) is 15.3 Å². The fourth-order valence-electron chi connectivity index (χ4n) is 2.32. The molecule has 0 bridgehead atoms. The minimum atomic E-state index is 0.837. The number of likely N-dealkylation sites (tertiary alicyclic amines) is 1. The average molecular weight is 182 g/mol. The Balaban J connectivity index is 1.61. The minimum absolute atomic E-state index is 0.837. The molecule has 0 amide bonds. The molecule has 0 unspecified atom stereocenters. The van der Waals surface area contributed by atoms with Crippen LogP contribution < -0.4 is 5.32 Å². The van der Waals surface area contributed by atoms with E-state index in [1.165, 1.54) is 51.9 Å². The fraction of sp³-hybridized carbons (Fsp3) is 1.00. The zero-order valence-electron chi connectivity index (χ0n) is 8.76. The Kier molecular flexibility index (Phi) is 3.23. The van der Waals surface area contributed by atoms with E-state index < -0.39 is 0 Å². The maximum atomic E-state index is 3.61. The van der Waals surface area contributed by atoms with Gasteiger partial charge in [0.15, 0.2) is 0 Å². The lowest BCUT2D eigenvalue weighted by atomic mass is 10.2. The van der Waals surface area contributed by atoms with Gasteiger partial charge in [0.25, 0.3) is 0 Å². The highest BCUT2D eigenvalue weighted by Gasteiger charge is 2.24. The molecule has 1 aliphatic heterocycles. The molecular formula is C11H22N2. The second-order valence-corrected chi connectivity index (χ2v) is 4.53. The van der Waals surface area contributed by atoms with Gasteiger partial charge < -0.3 is 5.32 Å². The van der Waals surface area contributed by atoms with E-state index in [0.717, 1.165) is 12.0 Å². The predicted octanol–water partition coefficient (Wildman–Crippen LogP) is 1.47. The lowest BCUT2D eigenvalue weighted by molar-refractivity contribution is 0.259. The van der Waals surface area contributed by atoms with Crippen LogP contribution in [0.2, 0.25) is 0 Å². The van der Waals surface area contributed by atoms with Crippen LogP contribution in [0.3, 0.4) is 0 Å². The van der Waals surface area contributed by atoms with Crippen LogP contribution in [-0.2, 0) is 0 Å². The summed E-state index contributed by atoms with van der Waals surface area (Å²) in [6.45, 7) is 7.33. The molecule has 1 saturated carbocycles. The standard InChI is InChI=1S/C11H22N2/c1-2-13-7-3-4-11(13)9-12-8-10-5-6-10/h10-12H,2-9H2,1H3/t11-/m1/s1. The van der Waals surface area contributed by atoms with Crippen molar-refractivity contribution >= 4 is 0 Å². The Labute approximate surface area is 81.7 Å². The summed E-state index contributed by atoms with van der Waals surface area (Å²) in [7, 11) is 0. The molecule has 1 saturated heterocycles. The smallest absolute Gasteiger partial charge is 0.0220 e. The molecule has 0 aromatic carbocycles. The molecule has 0 aromatic heterocycles. The van der Waals surface area contributed by atoms with E-state index in [4.69, 9.17) is 0 Å². The zero-order chi connectivity index (χ0) is 9.10. The van der Waals surface area contributed by atoms with Crippen LogP contribution in [0.5, 0.6) is 0 Å². The maximum Gasteiger partial charge on any atom is 0.0220 e. The molecule has 1 aliphatic carbocycles. The minimum Gasteiger partial charge on any atom is -0.315 e. The Morgan fingerprint density at radius 1 is 1.23 bits per heavy atom. The third kappa shape index (κ3) is 2.68. The van der Waals surface area contributed by atoms with Gasteiger partial charge in [-0.15, -0.1) is 0 Å². The molecule has 2 nitrogen and oxygen atoms in total. The molecule has 0 spiro atoms. The van der Waals surface area contributed by atoms with Crippen LogP contribution in [0.4, 0.5) is 0 Å². The number of nitrogens with zero attached hydrogens (tertiary/aromatic N) is 1. The van der Waals surface area contributed by atoms with Crippen molar-refractivity contribution in [1.29, 1.82) is 0 Å². The van der Waals surface area contributed by atoms with Crippen molar-refractivity contribution in [3.8, 4) is 0 Å². The van der Waals surface area contributed by atoms with Gasteiger partial charge in [0, 0.05) is 12.6 Å². The highest BCUT2D eigenvalue weighted by atomic mass is 15.2. The Morgan fingerprint density at radius 3 is 2.77 bits per heavy atom. The summed E-state index contributed by atoms with van der Waals surface area (Å²) in [6.07, 6.45) is 5.75. The quantitative estimate of drug-likeness (QED) is 0.692. The van der Waals surface area contributed by atoms with Crippen molar-refractivity contribution < 1.29 is 0 Å². The van der Waals surface area contributed by atoms with E-state index in [-0.39, 0.29) is 0 Å². The molecule has 2 rings (SSSR count). The monoisotopic (exact) mass is 182 g/mol. The third-order valence-corrected chi connectivity index (χ3v) is 3.42. The summed E-state index contributed by atoms with van der Waals surface area (Å²) >= 11 is 0. The Morgan fingerprint density at radius 2 is 2.08 bits per heavy atom. The number of hydrogen-bond donors (Lipinski definition) is 1. The summed E-state index contributed by atoms with van der Waals surface area (Å²) in [6, 6.07) is 0.837. The SMILES string of the molecule is CCN1CCC[C@@H]1CNCC1CC1. The van der Waals surface area contributed by atoms with Crippen molar-refractivity contribution in [2.45, 2.75) is 38.6 Å². The summed E-state index contributed by atoms with van der Waals surface area (Å²) in [5, 5.41) is 3.61. The van der Waals surface area contributed by atoms with Crippen LogP contribution in [0.1, 0.15) is 32.6 Å². The van der Waals surface area contributed by atoms with Gasteiger partial charge in [0.1, 0.15) is 0 Å². The first-order valence-electron chi connectivity index (χ1n) is 5.85. The molecular weight excluding hydrogens is 160 g/mol. The summed E-state index contributed by atoms with van der Waals surface area (Å²) in [4.78, 5) is 2.61. The molecule has 0 radical (unpaired) electrons. The molecule has 1 atom stereocenters. The fourth-order valence-corrected chi connectivity index (χ4v) is 2.32. The van der Waals surface area contributed by atoms with Gasteiger partial charge >= 0.3 is 0 Å². The van der Waals surface area contributed by atoms with E-state index in [0.29, 0.717) is 0 Å². The second kappa shape index (κ2) is 4.43. The van der Waals surface area contributed by atoms with Gasteiger partial charge in [-0.2, -0.15) is 0 Å². The molecule has 1 N–H and O–H groups in total. The second-order valence-electron chi connectivity index (χ2n) is 4.53. The van der Waals surface area contributed by atoms with Crippen LogP contribution in [0.15, 0.2) is 0 Å². The van der Waals surface area contributed by atoms with Crippen molar-refractivity contribution in [2.75, 3.05) is 26.2 Å². The van der Waals surface area contributed by atoms with E-state index in [1.54, 1.807) is 0 Å². The van der Waals surface area contributed by atoms with Crippen molar-refractivity contribution in [2.24, 2.45) is 5.92 Å². The van der Waals surface area contributed by atoms with Crippen LogP contribution in [0, 0.1) is 5.92 Å². The predicted molar refractivity (Wildman–Crippen MR) is 55.9 cm³/mol. The largest absolute Gasteiger partial charge is 0.315 e. The highest BCUT2D eigenvalue weighted by Crippen LogP contribution is 2.27. The number of likely N-dealkylation sites (N-methyl/N-ethyl adjacent to an activating group) is 1. The zero-order valence-corrected chi connectivity index (χ0v) is 8.76. The van der Waals surface area contributed by atoms with E-state index in [1.807, 2.05) is 0 Å². The maximum absolute atomic E-state index is 3.61. The van der Waals surface area contributed by atoms with Crippen molar-refractivity contribution in [3.05, 3.63) is 0 Å². The van der Waals surface area contributed by atoms with Gasteiger partial charge in [-0.25, -0.2) is 0 Å². The number of hydrogen-bond acceptors (Lipinski definition) is 2. The molecule has 1 heterocycles.